The minimum Gasteiger partial charge on any atom is -0.356 e. The van der Waals surface area contributed by atoms with Crippen LogP contribution in [0.3, 0.4) is 0 Å². The first-order chi connectivity index (χ1) is 6.27. The smallest absolute Gasteiger partial charge is 0.249 e. The largest absolute Gasteiger partial charge is 0.356 e. The lowest BCUT2D eigenvalue weighted by Crippen LogP contribution is -1.98. The van der Waals surface area contributed by atoms with Crippen LogP contribution in [0.4, 0.5) is 0 Å². The van der Waals surface area contributed by atoms with Gasteiger partial charge in [0.05, 0.1) is 5.39 Å². The Morgan fingerprint density at radius 1 is 1.46 bits per heavy atom. The van der Waals surface area contributed by atoms with Gasteiger partial charge in [-0.25, -0.2) is 0 Å². The SMILES string of the molecule is O=[N+]([O-])Cc1noc2ccccc12. The zero-order chi connectivity index (χ0) is 9.26. The van der Waals surface area contributed by atoms with Crippen molar-refractivity contribution in [1.82, 2.24) is 5.16 Å². The molecule has 0 unspecified atom stereocenters. The molecule has 1 aromatic heterocycles. The summed E-state index contributed by atoms with van der Waals surface area (Å²) in [7, 11) is 0. The van der Waals surface area contributed by atoms with Gasteiger partial charge in [0, 0.05) is 4.92 Å². The molecule has 0 radical (unpaired) electrons. The molecular formula is C8H6N2O3. The molecule has 5 nitrogen and oxygen atoms in total. The minimum absolute atomic E-state index is 0.295. The maximum atomic E-state index is 10.2. The Bertz CT molecular complexity index is 449. The minimum atomic E-state index is -0.426. The summed E-state index contributed by atoms with van der Waals surface area (Å²) in [6.07, 6.45) is 0. The Morgan fingerprint density at radius 3 is 3.00 bits per heavy atom. The van der Waals surface area contributed by atoms with Gasteiger partial charge in [0.25, 0.3) is 0 Å². The van der Waals surface area contributed by atoms with Crippen LogP contribution >= 0.6 is 0 Å². The number of benzene rings is 1. The second-order valence-corrected chi connectivity index (χ2v) is 2.62. The molecule has 0 amide bonds. The first-order valence-electron chi connectivity index (χ1n) is 3.72. The molecule has 5 heteroatoms. The molecule has 0 aliphatic heterocycles. The van der Waals surface area contributed by atoms with Gasteiger partial charge in [0.2, 0.25) is 6.54 Å². The number of hydrogen-bond donors (Lipinski definition) is 0. The summed E-state index contributed by atoms with van der Waals surface area (Å²) in [5.41, 5.74) is 0.958. The van der Waals surface area contributed by atoms with Gasteiger partial charge in [-0.05, 0) is 12.1 Å². The zero-order valence-corrected chi connectivity index (χ0v) is 6.64. The molecule has 0 bridgehead atoms. The van der Waals surface area contributed by atoms with E-state index in [9.17, 15) is 10.1 Å². The summed E-state index contributed by atoms with van der Waals surface area (Å²) < 4.78 is 4.90. The number of rotatable bonds is 2. The number of nitrogens with zero attached hydrogens (tertiary/aromatic N) is 2. The van der Waals surface area contributed by atoms with Crippen molar-refractivity contribution in [3.63, 3.8) is 0 Å². The van der Waals surface area contributed by atoms with Gasteiger partial charge in [0.1, 0.15) is 0 Å². The van der Waals surface area contributed by atoms with Crippen LogP contribution in [0.1, 0.15) is 5.69 Å². The molecule has 0 saturated carbocycles. The third-order valence-electron chi connectivity index (χ3n) is 1.73. The molecule has 66 valence electrons. The molecule has 0 spiro atoms. The molecule has 2 rings (SSSR count). The molecule has 0 aliphatic carbocycles. The van der Waals surface area contributed by atoms with E-state index in [2.05, 4.69) is 5.16 Å². The fraction of sp³-hybridized carbons (Fsp3) is 0.125. The first kappa shape index (κ1) is 7.72. The van der Waals surface area contributed by atoms with Gasteiger partial charge in [-0.2, -0.15) is 0 Å². The Morgan fingerprint density at radius 2 is 2.23 bits per heavy atom. The molecule has 0 aliphatic rings. The predicted octanol–water partition coefficient (Wildman–Crippen LogP) is 1.60. The highest BCUT2D eigenvalue weighted by Gasteiger charge is 2.11. The van der Waals surface area contributed by atoms with Crippen LogP contribution < -0.4 is 0 Å². The van der Waals surface area contributed by atoms with Gasteiger partial charge >= 0.3 is 0 Å². The van der Waals surface area contributed by atoms with Crippen molar-refractivity contribution in [2.24, 2.45) is 0 Å². The second kappa shape index (κ2) is 2.85. The summed E-state index contributed by atoms with van der Waals surface area (Å²) in [5, 5.41) is 14.6. The highest BCUT2D eigenvalue weighted by Crippen LogP contribution is 2.17. The molecule has 13 heavy (non-hydrogen) atoms. The topological polar surface area (TPSA) is 69.2 Å². The van der Waals surface area contributed by atoms with Gasteiger partial charge in [-0.1, -0.05) is 17.3 Å². The number of aromatic nitrogens is 1. The van der Waals surface area contributed by atoms with Gasteiger partial charge in [0.15, 0.2) is 11.3 Å². The van der Waals surface area contributed by atoms with Crippen LogP contribution in [0.15, 0.2) is 28.8 Å². The highest BCUT2D eigenvalue weighted by molar-refractivity contribution is 5.78. The van der Waals surface area contributed by atoms with Gasteiger partial charge in [-0.3, -0.25) is 10.1 Å². The van der Waals surface area contributed by atoms with E-state index < -0.39 is 4.92 Å². The second-order valence-electron chi connectivity index (χ2n) is 2.62. The van der Waals surface area contributed by atoms with Crippen LogP contribution in [0.5, 0.6) is 0 Å². The summed E-state index contributed by atoms with van der Waals surface area (Å²) in [4.78, 5) is 9.81. The van der Waals surface area contributed by atoms with Crippen LogP contribution in [0.25, 0.3) is 11.0 Å². The van der Waals surface area contributed by atoms with Crippen molar-refractivity contribution in [1.29, 1.82) is 0 Å². The van der Waals surface area contributed by atoms with E-state index in [1.165, 1.54) is 0 Å². The third kappa shape index (κ3) is 1.35. The summed E-state index contributed by atoms with van der Waals surface area (Å²) in [6, 6.07) is 7.07. The van der Waals surface area contributed by atoms with E-state index in [4.69, 9.17) is 4.52 Å². The fourth-order valence-electron chi connectivity index (χ4n) is 1.17. The Balaban J connectivity index is 2.51. The molecule has 0 atom stereocenters. The maximum Gasteiger partial charge on any atom is 0.249 e. The molecule has 0 N–H and O–H groups in total. The van der Waals surface area contributed by atoms with E-state index in [-0.39, 0.29) is 6.54 Å². The van der Waals surface area contributed by atoms with Crippen molar-refractivity contribution in [3.8, 4) is 0 Å². The normalized spacial score (nSPS) is 10.5. The van der Waals surface area contributed by atoms with E-state index in [0.29, 0.717) is 16.7 Å². The average Bonchev–Trinajstić information content (AvgIpc) is 2.48. The monoisotopic (exact) mass is 178 g/mol. The molecule has 2 aromatic rings. The molecule has 0 fully saturated rings. The summed E-state index contributed by atoms with van der Waals surface area (Å²) in [5.74, 6) is 0. The van der Waals surface area contributed by atoms with E-state index in [1.807, 2.05) is 0 Å². The lowest BCUT2D eigenvalue weighted by Gasteiger charge is -1.87. The van der Waals surface area contributed by atoms with Crippen molar-refractivity contribution < 1.29 is 9.45 Å². The number of fused-ring (bicyclic) bond motifs is 1. The van der Waals surface area contributed by atoms with Crippen LogP contribution in [0, 0.1) is 10.1 Å². The van der Waals surface area contributed by atoms with Crippen molar-refractivity contribution in [2.45, 2.75) is 6.54 Å². The third-order valence-corrected chi connectivity index (χ3v) is 1.73. The molecule has 1 aromatic carbocycles. The van der Waals surface area contributed by atoms with Gasteiger partial charge < -0.3 is 4.52 Å². The standard InChI is InChI=1S/C8H6N2O3/c11-10(12)5-7-6-3-1-2-4-8(6)13-9-7/h1-4H,5H2. The Kier molecular flexibility index (Phi) is 1.70. The highest BCUT2D eigenvalue weighted by atomic mass is 16.6. The summed E-state index contributed by atoms with van der Waals surface area (Å²) >= 11 is 0. The Hall–Kier alpha value is -1.91. The van der Waals surface area contributed by atoms with Crippen molar-refractivity contribution >= 4 is 11.0 Å². The number of hydrogen-bond acceptors (Lipinski definition) is 4. The van der Waals surface area contributed by atoms with Crippen LogP contribution in [-0.4, -0.2) is 10.1 Å². The van der Waals surface area contributed by atoms with Crippen molar-refractivity contribution in [3.05, 3.63) is 40.1 Å². The van der Waals surface area contributed by atoms with Gasteiger partial charge in [-0.15, -0.1) is 0 Å². The molecular weight excluding hydrogens is 172 g/mol. The zero-order valence-electron chi connectivity index (χ0n) is 6.64. The fourth-order valence-corrected chi connectivity index (χ4v) is 1.17. The number of para-hydroxylation sites is 1. The number of nitro groups is 1. The van der Waals surface area contributed by atoms with Crippen LogP contribution in [-0.2, 0) is 6.54 Å². The molecule has 1 heterocycles. The van der Waals surface area contributed by atoms with E-state index in [1.54, 1.807) is 24.3 Å². The predicted molar refractivity (Wildman–Crippen MR) is 44.7 cm³/mol. The first-order valence-corrected chi connectivity index (χ1v) is 3.72. The Labute approximate surface area is 73.1 Å². The van der Waals surface area contributed by atoms with E-state index >= 15 is 0 Å². The maximum absolute atomic E-state index is 10.2. The summed E-state index contributed by atoms with van der Waals surface area (Å²) in [6.45, 7) is -0.295. The molecule has 0 saturated heterocycles. The van der Waals surface area contributed by atoms with Crippen LogP contribution in [0.2, 0.25) is 0 Å². The van der Waals surface area contributed by atoms with Crippen molar-refractivity contribution in [2.75, 3.05) is 0 Å². The lowest BCUT2D eigenvalue weighted by molar-refractivity contribution is -0.497. The van der Waals surface area contributed by atoms with E-state index in [0.717, 1.165) is 0 Å². The average molecular weight is 178 g/mol. The quantitative estimate of drug-likeness (QED) is 0.517. The lowest BCUT2D eigenvalue weighted by atomic mass is 10.2.